The van der Waals surface area contributed by atoms with Crippen LogP contribution < -0.4 is 4.90 Å². The summed E-state index contributed by atoms with van der Waals surface area (Å²) >= 11 is 3.44. The minimum absolute atomic E-state index is 0.00751. The van der Waals surface area contributed by atoms with Gasteiger partial charge in [0, 0.05) is 22.8 Å². The van der Waals surface area contributed by atoms with Gasteiger partial charge < -0.3 is 34.4 Å². The van der Waals surface area contributed by atoms with Crippen molar-refractivity contribution < 1.29 is 47.5 Å². The molecule has 11 nitrogen and oxygen atoms in total. The molecule has 0 radical (unpaired) electrons. The van der Waals surface area contributed by atoms with Crippen LogP contribution in [0.1, 0.15) is 11.6 Å². The first-order valence-electron chi connectivity index (χ1n) is 12.9. The van der Waals surface area contributed by atoms with Crippen LogP contribution in [0.4, 0.5) is 18.9 Å². The lowest BCUT2D eigenvalue weighted by atomic mass is 9.91. The maximum atomic E-state index is 14.3. The molecular weight excluding hydrogens is 629 g/mol. The van der Waals surface area contributed by atoms with Gasteiger partial charge >= 0.3 is 0 Å². The highest BCUT2D eigenvalue weighted by molar-refractivity contribution is 9.10. The van der Waals surface area contributed by atoms with E-state index in [4.69, 9.17) is 14.2 Å². The molecule has 2 aliphatic heterocycles. The molecule has 1 aromatic heterocycles. The van der Waals surface area contributed by atoms with E-state index in [1.54, 1.807) is 12.1 Å². The van der Waals surface area contributed by atoms with Crippen LogP contribution in [0.15, 0.2) is 41.0 Å². The molecule has 3 heterocycles. The van der Waals surface area contributed by atoms with Gasteiger partial charge in [-0.15, -0.1) is 5.10 Å². The van der Waals surface area contributed by atoms with Gasteiger partial charge in [0.25, 0.3) is 5.91 Å². The normalized spacial score (nSPS) is 27.8. The standard InChI is InChI=1S/C27H28BrF3N4O7/c1-12-3-14(28)7-15(4-12)35(19-10-41-11-20(19)37)27(39)26-25(40-2)23(24(38)21(9-36)42-26)34-8-18(32-33-34)13-5-16(29)22(31)17(30)6-13/h3-8,19-21,23-26,36-38H,9-11H2,1-2H3/t19-,20-,21-,23+,24+,25-,26-/m1/s1. The number of ether oxygens (including phenoxy) is 3. The summed E-state index contributed by atoms with van der Waals surface area (Å²) in [5.41, 5.74) is 1.09. The number of anilines is 1. The van der Waals surface area contributed by atoms with Gasteiger partial charge in [-0.2, -0.15) is 0 Å². The first kappa shape index (κ1) is 30.5. The van der Waals surface area contributed by atoms with Gasteiger partial charge in [-0.3, -0.25) is 4.79 Å². The number of hydrogen-bond acceptors (Lipinski definition) is 9. The van der Waals surface area contributed by atoms with Crippen LogP contribution in [0.2, 0.25) is 0 Å². The van der Waals surface area contributed by atoms with E-state index in [1.807, 2.05) is 13.0 Å². The molecule has 0 spiro atoms. The number of methoxy groups -OCH3 is 1. The summed E-state index contributed by atoms with van der Waals surface area (Å²) in [6.45, 7) is 1.20. The Morgan fingerprint density at radius 3 is 2.48 bits per heavy atom. The molecule has 3 N–H and O–H groups in total. The molecule has 0 saturated carbocycles. The third kappa shape index (κ3) is 5.69. The lowest BCUT2D eigenvalue weighted by molar-refractivity contribution is -0.211. The molecule has 0 bridgehead atoms. The Labute approximate surface area is 246 Å². The number of halogens is 4. The Kier molecular flexibility index (Phi) is 8.99. The summed E-state index contributed by atoms with van der Waals surface area (Å²) in [6.07, 6.45) is -5.16. The highest BCUT2D eigenvalue weighted by Gasteiger charge is 2.52. The van der Waals surface area contributed by atoms with Crippen LogP contribution in [-0.4, -0.2) is 99.7 Å². The summed E-state index contributed by atoms with van der Waals surface area (Å²) in [6, 6.07) is 4.82. The monoisotopic (exact) mass is 656 g/mol. The van der Waals surface area contributed by atoms with E-state index < -0.39 is 72.6 Å². The van der Waals surface area contributed by atoms with Crippen molar-refractivity contribution in [3.63, 3.8) is 0 Å². The Hall–Kier alpha value is -2.92. The van der Waals surface area contributed by atoms with Crippen molar-refractivity contribution in [2.24, 2.45) is 0 Å². The number of carbonyl (C=O) groups excluding carboxylic acids is 1. The van der Waals surface area contributed by atoms with Gasteiger partial charge in [-0.05, 0) is 42.8 Å². The van der Waals surface area contributed by atoms with Crippen LogP contribution in [0.5, 0.6) is 0 Å². The molecule has 0 unspecified atom stereocenters. The van der Waals surface area contributed by atoms with E-state index >= 15 is 0 Å². The fourth-order valence-electron chi connectivity index (χ4n) is 5.37. The van der Waals surface area contributed by atoms with E-state index in [0.717, 1.165) is 22.4 Å². The second kappa shape index (κ2) is 12.4. The zero-order valence-electron chi connectivity index (χ0n) is 22.4. The summed E-state index contributed by atoms with van der Waals surface area (Å²) in [5, 5.41) is 39.8. The molecule has 2 aliphatic rings. The fraction of sp³-hybridized carbons (Fsp3) is 0.444. The molecular formula is C27H28BrF3N4O7. The van der Waals surface area contributed by atoms with Crippen LogP contribution >= 0.6 is 15.9 Å². The molecule has 2 saturated heterocycles. The number of amides is 1. The second-order valence-corrected chi connectivity index (χ2v) is 11.1. The lowest BCUT2D eigenvalue weighted by Gasteiger charge is -2.45. The zero-order chi connectivity index (χ0) is 30.3. The highest BCUT2D eigenvalue weighted by Crippen LogP contribution is 2.36. The Balaban J connectivity index is 1.54. The Morgan fingerprint density at radius 2 is 1.88 bits per heavy atom. The average molecular weight is 657 g/mol. The first-order valence-corrected chi connectivity index (χ1v) is 13.7. The number of nitrogens with zero attached hydrogens (tertiary/aromatic N) is 4. The SMILES string of the molecule is CO[C@@H]1[C@@H](n2cc(-c3cc(F)c(F)c(F)c3)nn2)[C@@H](O)[C@@H](CO)O[C@H]1C(=O)N(c1cc(C)cc(Br)c1)[C@@H]1COC[C@H]1O. The van der Waals surface area contributed by atoms with E-state index in [9.17, 15) is 33.3 Å². The van der Waals surface area contributed by atoms with Crippen molar-refractivity contribution in [2.45, 2.75) is 49.5 Å². The number of aryl methyl sites for hydroxylation is 1. The molecule has 5 rings (SSSR count). The third-order valence-corrected chi connectivity index (χ3v) is 7.83. The molecule has 3 aromatic rings. The minimum Gasteiger partial charge on any atom is -0.394 e. The van der Waals surface area contributed by atoms with Gasteiger partial charge in [-0.25, -0.2) is 17.9 Å². The zero-order valence-corrected chi connectivity index (χ0v) is 24.0. The van der Waals surface area contributed by atoms with Crippen LogP contribution in [0, 0.1) is 24.4 Å². The number of aliphatic hydroxyl groups excluding tert-OH is 3. The molecule has 2 aromatic carbocycles. The van der Waals surface area contributed by atoms with Crippen molar-refractivity contribution in [3.8, 4) is 11.3 Å². The number of hydrogen-bond donors (Lipinski definition) is 3. The smallest absolute Gasteiger partial charge is 0.259 e. The Bertz CT molecular complexity index is 1420. The summed E-state index contributed by atoms with van der Waals surface area (Å²) in [7, 11) is 1.29. The number of aromatic nitrogens is 3. The Morgan fingerprint density at radius 1 is 1.17 bits per heavy atom. The minimum atomic E-state index is -1.64. The molecule has 7 atom stereocenters. The van der Waals surface area contributed by atoms with E-state index in [0.29, 0.717) is 10.2 Å². The average Bonchev–Trinajstić information content (AvgIpc) is 3.60. The first-order chi connectivity index (χ1) is 20.0. The highest BCUT2D eigenvalue weighted by atomic mass is 79.9. The molecule has 1 amide bonds. The number of carbonyl (C=O) groups is 1. The van der Waals surface area contributed by atoms with Gasteiger partial charge in [0.1, 0.15) is 36.2 Å². The summed E-state index contributed by atoms with van der Waals surface area (Å²) in [5.74, 6) is -5.13. The summed E-state index contributed by atoms with van der Waals surface area (Å²) in [4.78, 5) is 15.7. The van der Waals surface area contributed by atoms with Crippen molar-refractivity contribution in [1.82, 2.24) is 15.0 Å². The van der Waals surface area contributed by atoms with Gasteiger partial charge in [0.2, 0.25) is 0 Å². The van der Waals surface area contributed by atoms with E-state index in [2.05, 4.69) is 26.2 Å². The fourth-order valence-corrected chi connectivity index (χ4v) is 5.97. The van der Waals surface area contributed by atoms with Crippen LogP contribution in [0.25, 0.3) is 11.3 Å². The molecule has 15 heteroatoms. The van der Waals surface area contributed by atoms with Crippen LogP contribution in [0.3, 0.4) is 0 Å². The number of benzene rings is 2. The van der Waals surface area contributed by atoms with Crippen molar-refractivity contribution >= 4 is 27.5 Å². The van der Waals surface area contributed by atoms with Gasteiger partial charge in [0.05, 0.1) is 32.1 Å². The quantitative estimate of drug-likeness (QED) is 0.326. The van der Waals surface area contributed by atoms with Crippen molar-refractivity contribution in [3.05, 3.63) is 64.0 Å². The topological polar surface area (TPSA) is 139 Å². The predicted octanol–water partition coefficient (Wildman–Crippen LogP) is 1.90. The van der Waals surface area contributed by atoms with Crippen molar-refractivity contribution in [2.75, 3.05) is 31.8 Å². The third-order valence-electron chi connectivity index (χ3n) is 7.37. The number of aliphatic hydroxyl groups is 3. The van der Waals surface area contributed by atoms with Gasteiger partial charge in [-0.1, -0.05) is 21.1 Å². The molecule has 42 heavy (non-hydrogen) atoms. The molecule has 226 valence electrons. The van der Waals surface area contributed by atoms with Crippen LogP contribution in [-0.2, 0) is 19.0 Å². The molecule has 0 aliphatic carbocycles. The largest absolute Gasteiger partial charge is 0.394 e. The van der Waals surface area contributed by atoms with Gasteiger partial charge in [0.15, 0.2) is 23.6 Å². The lowest BCUT2D eigenvalue weighted by Crippen LogP contribution is -2.63. The maximum absolute atomic E-state index is 14.3. The van der Waals surface area contributed by atoms with E-state index in [-0.39, 0.29) is 24.5 Å². The predicted molar refractivity (Wildman–Crippen MR) is 144 cm³/mol. The molecule has 2 fully saturated rings. The maximum Gasteiger partial charge on any atom is 0.259 e. The number of rotatable bonds is 7. The van der Waals surface area contributed by atoms with E-state index in [1.165, 1.54) is 18.2 Å². The summed E-state index contributed by atoms with van der Waals surface area (Å²) < 4.78 is 60.1. The van der Waals surface area contributed by atoms with Crippen molar-refractivity contribution in [1.29, 1.82) is 0 Å². The second-order valence-electron chi connectivity index (χ2n) is 10.2.